The molecule has 1 aromatic carbocycles. The molecule has 0 fully saturated rings. The highest BCUT2D eigenvalue weighted by molar-refractivity contribution is 14.0. The Morgan fingerprint density at radius 3 is 2.50 bits per heavy atom. The Hall–Kier alpha value is -1.70. The Bertz CT molecular complexity index is 603. The van der Waals surface area contributed by atoms with E-state index >= 15 is 0 Å². The average molecular weight is 473 g/mol. The summed E-state index contributed by atoms with van der Waals surface area (Å²) in [5.74, 6) is 2.36. The number of rotatable bonds is 10. The topological polar surface area (TPSA) is 46.1 Å². The van der Waals surface area contributed by atoms with Crippen molar-refractivity contribution in [1.82, 2.24) is 10.2 Å². The molecule has 0 aliphatic rings. The lowest BCUT2D eigenvalue weighted by atomic mass is 10.1. The van der Waals surface area contributed by atoms with Gasteiger partial charge in [0.15, 0.2) is 17.5 Å². The van der Waals surface area contributed by atoms with Crippen LogP contribution in [0.2, 0.25) is 0 Å². The molecule has 0 saturated carbocycles. The van der Waals surface area contributed by atoms with Crippen LogP contribution >= 0.6 is 24.0 Å². The van der Waals surface area contributed by atoms with Gasteiger partial charge in [0.2, 0.25) is 0 Å². The molecule has 0 bridgehead atoms. The minimum Gasteiger partial charge on any atom is -0.493 e. The Balaban J connectivity index is 0.00000625. The number of methoxy groups -OCH3 is 2. The molecular formula is C20H32IN3O2. The minimum atomic E-state index is 0. The fourth-order valence-corrected chi connectivity index (χ4v) is 2.66. The molecule has 0 heterocycles. The van der Waals surface area contributed by atoms with Crippen molar-refractivity contribution in [2.24, 2.45) is 4.99 Å². The van der Waals surface area contributed by atoms with Gasteiger partial charge < -0.3 is 19.7 Å². The summed E-state index contributed by atoms with van der Waals surface area (Å²) in [6.45, 7) is 9.16. The number of unbranched alkanes of at least 4 members (excludes halogenated alkanes) is 1. The molecule has 1 rings (SSSR count). The highest BCUT2D eigenvalue weighted by Crippen LogP contribution is 2.33. The lowest BCUT2D eigenvalue weighted by molar-refractivity contribution is 0.351. The average Bonchev–Trinajstić information content (AvgIpc) is 2.62. The Kier molecular flexibility index (Phi) is 12.6. The zero-order valence-corrected chi connectivity index (χ0v) is 18.7. The Morgan fingerprint density at radius 1 is 1.23 bits per heavy atom. The summed E-state index contributed by atoms with van der Waals surface area (Å²) in [4.78, 5) is 6.47. The first-order chi connectivity index (χ1) is 12.1. The van der Waals surface area contributed by atoms with Gasteiger partial charge in [0, 0.05) is 32.7 Å². The zero-order valence-electron chi connectivity index (χ0n) is 16.4. The standard InChI is InChI=1S/C20H31N3O2.HI/c1-7-9-10-12-23(4)20(21-3)22-15-16-13-17(11-8-2)19(25-6)18(14-16)24-5;/h7-8,13-14H,1-2,9-12,15H2,3-6H3,(H,21,22);1H. The van der Waals surface area contributed by atoms with E-state index in [0.717, 1.165) is 54.4 Å². The van der Waals surface area contributed by atoms with Crippen LogP contribution in [0.5, 0.6) is 11.5 Å². The summed E-state index contributed by atoms with van der Waals surface area (Å²) >= 11 is 0. The summed E-state index contributed by atoms with van der Waals surface area (Å²) in [5, 5.41) is 3.40. The van der Waals surface area contributed by atoms with Gasteiger partial charge in [0.25, 0.3) is 0 Å². The summed E-state index contributed by atoms with van der Waals surface area (Å²) in [7, 11) is 7.14. The normalized spacial score (nSPS) is 10.5. The number of guanidine groups is 1. The molecule has 1 aromatic rings. The second-order valence-electron chi connectivity index (χ2n) is 5.74. The monoisotopic (exact) mass is 473 g/mol. The van der Waals surface area contributed by atoms with Gasteiger partial charge >= 0.3 is 0 Å². The Morgan fingerprint density at radius 2 is 1.96 bits per heavy atom. The van der Waals surface area contributed by atoms with E-state index in [0.29, 0.717) is 6.54 Å². The first-order valence-electron chi connectivity index (χ1n) is 8.48. The van der Waals surface area contributed by atoms with E-state index in [1.807, 2.05) is 25.3 Å². The van der Waals surface area contributed by atoms with Gasteiger partial charge in [-0.1, -0.05) is 12.2 Å². The SMILES string of the molecule is C=CCCCN(C)C(=NC)NCc1cc(CC=C)c(OC)c(OC)c1.I. The lowest BCUT2D eigenvalue weighted by Gasteiger charge is -2.22. The van der Waals surface area contributed by atoms with Crippen LogP contribution in [0, 0.1) is 0 Å². The first kappa shape index (κ1) is 24.3. The molecule has 146 valence electrons. The quantitative estimate of drug-likeness (QED) is 0.183. The number of aliphatic imine (C=N–C) groups is 1. The maximum atomic E-state index is 5.48. The van der Waals surface area contributed by atoms with E-state index in [1.165, 1.54) is 0 Å². The largest absolute Gasteiger partial charge is 0.493 e. The van der Waals surface area contributed by atoms with Crippen LogP contribution in [0.1, 0.15) is 24.0 Å². The van der Waals surface area contributed by atoms with Crippen LogP contribution in [0.3, 0.4) is 0 Å². The predicted octanol–water partition coefficient (Wildman–Crippen LogP) is 4.02. The smallest absolute Gasteiger partial charge is 0.193 e. The number of benzene rings is 1. The number of hydrogen-bond acceptors (Lipinski definition) is 3. The van der Waals surface area contributed by atoms with Gasteiger partial charge in [-0.3, -0.25) is 4.99 Å². The molecule has 0 saturated heterocycles. The van der Waals surface area contributed by atoms with Crippen molar-refractivity contribution in [3.63, 3.8) is 0 Å². The van der Waals surface area contributed by atoms with Gasteiger partial charge in [-0.15, -0.1) is 37.1 Å². The van der Waals surface area contributed by atoms with Crippen LogP contribution in [0.25, 0.3) is 0 Å². The van der Waals surface area contributed by atoms with Crippen LogP contribution in [-0.2, 0) is 13.0 Å². The van der Waals surface area contributed by atoms with Crippen molar-refractivity contribution in [3.05, 3.63) is 48.6 Å². The maximum Gasteiger partial charge on any atom is 0.193 e. The van der Waals surface area contributed by atoms with Gasteiger partial charge in [-0.2, -0.15) is 0 Å². The van der Waals surface area contributed by atoms with E-state index in [9.17, 15) is 0 Å². The highest BCUT2D eigenvalue weighted by Gasteiger charge is 2.12. The highest BCUT2D eigenvalue weighted by atomic mass is 127. The minimum absolute atomic E-state index is 0. The number of halogens is 1. The van der Waals surface area contributed by atoms with Gasteiger partial charge in [0.1, 0.15) is 0 Å². The number of nitrogens with one attached hydrogen (secondary N) is 1. The van der Waals surface area contributed by atoms with Crippen LogP contribution in [0.15, 0.2) is 42.4 Å². The molecule has 0 aromatic heterocycles. The molecule has 6 heteroatoms. The van der Waals surface area contributed by atoms with Crippen molar-refractivity contribution >= 4 is 29.9 Å². The van der Waals surface area contributed by atoms with Crippen LogP contribution in [0.4, 0.5) is 0 Å². The number of allylic oxidation sites excluding steroid dienone is 2. The molecule has 0 spiro atoms. The van der Waals surface area contributed by atoms with E-state index in [4.69, 9.17) is 9.47 Å². The summed E-state index contributed by atoms with van der Waals surface area (Å²) in [5.41, 5.74) is 2.16. The summed E-state index contributed by atoms with van der Waals surface area (Å²) < 4.78 is 11.0. The van der Waals surface area contributed by atoms with Crippen LogP contribution in [-0.4, -0.2) is 45.7 Å². The molecule has 0 radical (unpaired) electrons. The number of hydrogen-bond donors (Lipinski definition) is 1. The molecule has 5 nitrogen and oxygen atoms in total. The van der Waals surface area contributed by atoms with Crippen molar-refractivity contribution in [2.75, 3.05) is 34.9 Å². The molecule has 0 unspecified atom stereocenters. The zero-order chi connectivity index (χ0) is 18.7. The summed E-state index contributed by atoms with van der Waals surface area (Å²) in [6.07, 6.45) is 6.58. The van der Waals surface area contributed by atoms with Gasteiger partial charge in [-0.05, 0) is 37.0 Å². The van der Waals surface area contributed by atoms with Crippen molar-refractivity contribution in [1.29, 1.82) is 0 Å². The second kappa shape index (κ2) is 13.5. The van der Waals surface area contributed by atoms with Gasteiger partial charge in [0.05, 0.1) is 14.2 Å². The second-order valence-corrected chi connectivity index (χ2v) is 5.74. The lowest BCUT2D eigenvalue weighted by Crippen LogP contribution is -2.39. The third-order valence-electron chi connectivity index (χ3n) is 3.91. The molecule has 0 amide bonds. The van der Waals surface area contributed by atoms with Crippen molar-refractivity contribution < 1.29 is 9.47 Å². The van der Waals surface area contributed by atoms with E-state index in [2.05, 4.69) is 34.4 Å². The van der Waals surface area contributed by atoms with Crippen LogP contribution < -0.4 is 14.8 Å². The van der Waals surface area contributed by atoms with Crippen molar-refractivity contribution in [3.8, 4) is 11.5 Å². The van der Waals surface area contributed by atoms with E-state index in [1.54, 1.807) is 21.3 Å². The number of ether oxygens (including phenoxy) is 2. The van der Waals surface area contributed by atoms with E-state index in [-0.39, 0.29) is 24.0 Å². The van der Waals surface area contributed by atoms with E-state index < -0.39 is 0 Å². The van der Waals surface area contributed by atoms with Gasteiger partial charge in [-0.25, -0.2) is 0 Å². The molecule has 1 N–H and O–H groups in total. The fraction of sp³-hybridized carbons (Fsp3) is 0.450. The number of nitrogens with zero attached hydrogens (tertiary/aromatic N) is 2. The van der Waals surface area contributed by atoms with Crippen molar-refractivity contribution in [2.45, 2.75) is 25.8 Å². The third kappa shape index (κ3) is 7.27. The first-order valence-corrected chi connectivity index (χ1v) is 8.48. The molecule has 26 heavy (non-hydrogen) atoms. The third-order valence-corrected chi connectivity index (χ3v) is 3.91. The summed E-state index contributed by atoms with van der Waals surface area (Å²) in [6, 6.07) is 4.10. The molecule has 0 aliphatic heterocycles. The fourth-order valence-electron chi connectivity index (χ4n) is 2.66. The predicted molar refractivity (Wildman–Crippen MR) is 121 cm³/mol. The molecule has 0 aliphatic carbocycles. The molecular weight excluding hydrogens is 441 g/mol. The molecule has 0 atom stereocenters. The maximum absolute atomic E-state index is 5.48. The Labute approximate surface area is 175 Å².